The molecule has 2 nitrogen and oxygen atoms in total. The van der Waals surface area contributed by atoms with Gasteiger partial charge in [-0.05, 0) is 5.56 Å². The first-order chi connectivity index (χ1) is 8.77. The Kier molecular flexibility index (Phi) is 4.56. The molecule has 0 aliphatic carbocycles. The number of hydrogen-bond donors (Lipinski definition) is 1. The largest absolute Gasteiger partial charge is 3.00 e. The summed E-state index contributed by atoms with van der Waals surface area (Å²) >= 11 is 0. The molecule has 1 atom stereocenters. The number of benzene rings is 2. The number of carbonyl (C=O) groups excluding carboxylic acids is 1. The third-order valence-electron chi connectivity index (χ3n) is 3.35. The zero-order valence-corrected chi connectivity index (χ0v) is 13.6. The molecule has 0 spiro atoms. The average Bonchev–Trinajstić information content (AvgIpc) is 2.44. The van der Waals surface area contributed by atoms with Gasteiger partial charge in [-0.1, -0.05) is 48.9 Å². The van der Waals surface area contributed by atoms with E-state index in [1.54, 1.807) is 0 Å². The molecule has 0 aromatic heterocycles. The summed E-state index contributed by atoms with van der Waals surface area (Å²) < 4.78 is 0. The second kappa shape index (κ2) is 6.00. The Bertz CT molecular complexity index is 582. The summed E-state index contributed by atoms with van der Waals surface area (Å²) in [5.74, 6) is 0.141. The molecule has 1 heterocycles. The van der Waals surface area contributed by atoms with Gasteiger partial charge < -0.3 is 10.1 Å². The van der Waals surface area contributed by atoms with Crippen molar-refractivity contribution in [3.63, 3.8) is 0 Å². The number of carbonyl (C=O) groups is 1. The number of hydrogen-bond acceptors (Lipinski definition) is 2. The molecule has 1 N–H and O–H groups in total. The van der Waals surface area contributed by atoms with Crippen molar-refractivity contribution in [1.82, 2.24) is 5.32 Å². The Morgan fingerprint density at radius 1 is 1.00 bits per heavy atom. The van der Waals surface area contributed by atoms with Crippen molar-refractivity contribution in [2.45, 2.75) is 13.0 Å². The Morgan fingerprint density at radius 3 is 2.37 bits per heavy atom. The van der Waals surface area contributed by atoms with Gasteiger partial charge in [0.05, 0.1) is 6.04 Å². The van der Waals surface area contributed by atoms with E-state index in [-0.39, 0.29) is 44.5 Å². The smallest absolute Gasteiger partial charge is 0.333 e. The summed E-state index contributed by atoms with van der Waals surface area (Å²) in [7, 11) is 0. The molecule has 1 aliphatic rings. The first kappa shape index (κ1) is 14.5. The average molecular weight is 325 g/mol. The van der Waals surface area contributed by atoms with E-state index >= 15 is 0 Å². The minimum atomic E-state index is -0.263. The van der Waals surface area contributed by atoms with Gasteiger partial charge in [0.2, 0.25) is 0 Å². The standard InChI is InChI=1S/C16H14NO.Y/c1-11-13-9-5-6-10-14(13)16(18)15(17-11)12-7-3-2-4-8-12;/h2-10,15,17H,1H3;/q-1;+3. The van der Waals surface area contributed by atoms with Crippen LogP contribution in [-0.2, 0) is 32.7 Å². The molecule has 0 bridgehead atoms. The van der Waals surface area contributed by atoms with Crippen molar-refractivity contribution in [3.8, 4) is 0 Å². The van der Waals surface area contributed by atoms with Crippen molar-refractivity contribution >= 4 is 5.78 Å². The van der Waals surface area contributed by atoms with E-state index in [1.165, 1.54) is 0 Å². The monoisotopic (exact) mass is 325 g/mol. The molecule has 0 amide bonds. The zero-order valence-electron chi connectivity index (χ0n) is 10.8. The summed E-state index contributed by atoms with van der Waals surface area (Å²) in [6.45, 7) is 2.02. The van der Waals surface area contributed by atoms with Crippen LogP contribution in [0.25, 0.3) is 0 Å². The van der Waals surface area contributed by atoms with Crippen molar-refractivity contribution in [2.75, 3.05) is 0 Å². The van der Waals surface area contributed by atoms with Crippen LogP contribution in [0.4, 0.5) is 0 Å². The van der Waals surface area contributed by atoms with Crippen molar-refractivity contribution in [1.29, 1.82) is 0 Å². The fourth-order valence-electron chi connectivity index (χ4n) is 2.42. The third kappa shape index (κ3) is 2.67. The second-order valence-electron chi connectivity index (χ2n) is 4.52. The van der Waals surface area contributed by atoms with Crippen LogP contribution in [0.5, 0.6) is 0 Å². The number of ketones is 1. The summed E-state index contributed by atoms with van der Waals surface area (Å²) in [6.07, 6.45) is 0. The molecule has 19 heavy (non-hydrogen) atoms. The Balaban J connectivity index is 0.00000133. The van der Waals surface area contributed by atoms with E-state index in [1.807, 2.05) is 61.5 Å². The molecular formula is C16H14NOY+2. The quantitative estimate of drug-likeness (QED) is 0.817. The first-order valence-electron chi connectivity index (χ1n) is 6.06. The van der Waals surface area contributed by atoms with Gasteiger partial charge in [-0.3, -0.25) is 0 Å². The molecule has 0 saturated heterocycles. The molecule has 1 unspecified atom stereocenters. The second-order valence-corrected chi connectivity index (χ2v) is 4.52. The van der Waals surface area contributed by atoms with E-state index in [2.05, 4.69) is 5.32 Å². The topological polar surface area (TPSA) is 29.1 Å². The van der Waals surface area contributed by atoms with Crippen LogP contribution in [0.2, 0.25) is 0 Å². The van der Waals surface area contributed by atoms with Crippen LogP contribution in [0.1, 0.15) is 34.5 Å². The summed E-state index contributed by atoms with van der Waals surface area (Å²) in [5, 5.41) is 3.31. The van der Waals surface area contributed by atoms with Crippen LogP contribution in [0.15, 0.2) is 54.6 Å². The summed E-state index contributed by atoms with van der Waals surface area (Å²) in [4.78, 5) is 12.5. The zero-order chi connectivity index (χ0) is 12.5. The Labute approximate surface area is 138 Å². The minimum Gasteiger partial charge on any atom is -0.333 e. The summed E-state index contributed by atoms with van der Waals surface area (Å²) in [5.41, 5.74) is 2.83. The van der Waals surface area contributed by atoms with Gasteiger partial charge in [-0.25, -0.2) is 0 Å². The molecular weight excluding hydrogens is 311 g/mol. The SMILES string of the molecule is C[C-]1NC(c2ccccc2)C(=O)c2ccccc21.[Y+3]. The van der Waals surface area contributed by atoms with Gasteiger partial charge in [0.25, 0.3) is 0 Å². The van der Waals surface area contributed by atoms with Crippen LogP contribution >= 0.6 is 0 Å². The summed E-state index contributed by atoms with van der Waals surface area (Å²) in [6, 6.07) is 18.4. The van der Waals surface area contributed by atoms with Crippen molar-refractivity contribution in [3.05, 3.63) is 77.3 Å². The molecule has 2 aromatic rings. The van der Waals surface area contributed by atoms with E-state index in [0.29, 0.717) is 0 Å². The molecule has 1 aliphatic heterocycles. The van der Waals surface area contributed by atoms with E-state index in [4.69, 9.17) is 0 Å². The van der Waals surface area contributed by atoms with Gasteiger partial charge in [-0.2, -0.15) is 11.6 Å². The molecule has 0 saturated carbocycles. The Morgan fingerprint density at radius 2 is 1.63 bits per heavy atom. The maximum Gasteiger partial charge on any atom is 3.00 e. The predicted octanol–water partition coefficient (Wildman–Crippen LogP) is 3.11. The molecule has 2 aromatic carbocycles. The van der Waals surface area contributed by atoms with E-state index < -0.39 is 0 Å². The van der Waals surface area contributed by atoms with E-state index in [0.717, 1.165) is 22.7 Å². The maximum atomic E-state index is 12.5. The maximum absolute atomic E-state index is 12.5. The fourth-order valence-corrected chi connectivity index (χ4v) is 2.42. The van der Waals surface area contributed by atoms with E-state index in [9.17, 15) is 4.79 Å². The van der Waals surface area contributed by atoms with Crippen LogP contribution < -0.4 is 5.32 Å². The van der Waals surface area contributed by atoms with Gasteiger partial charge in [-0.15, -0.1) is 18.2 Å². The molecule has 3 heteroatoms. The first-order valence-corrected chi connectivity index (χ1v) is 6.06. The molecule has 3 rings (SSSR count). The third-order valence-corrected chi connectivity index (χ3v) is 3.35. The van der Waals surface area contributed by atoms with Crippen LogP contribution in [0.3, 0.4) is 0 Å². The number of fused-ring (bicyclic) bond motifs is 1. The van der Waals surface area contributed by atoms with Crippen LogP contribution in [0, 0.1) is 6.04 Å². The fraction of sp³-hybridized carbons (Fsp3) is 0.125. The number of Topliss-reactive ketones (excluding diaryl/α,β-unsaturated/α-hetero) is 1. The number of rotatable bonds is 1. The minimum absolute atomic E-state index is 0. The van der Waals surface area contributed by atoms with Gasteiger partial charge in [0.15, 0.2) is 0 Å². The van der Waals surface area contributed by atoms with Crippen molar-refractivity contribution < 1.29 is 37.5 Å². The Hall–Kier alpha value is -0.956. The molecule has 90 valence electrons. The van der Waals surface area contributed by atoms with Gasteiger partial charge in [0.1, 0.15) is 5.78 Å². The van der Waals surface area contributed by atoms with Crippen LogP contribution in [-0.4, -0.2) is 5.78 Å². The number of nitrogens with one attached hydrogen (secondary N) is 1. The van der Waals surface area contributed by atoms with Crippen molar-refractivity contribution in [2.24, 2.45) is 0 Å². The van der Waals surface area contributed by atoms with Gasteiger partial charge >= 0.3 is 32.7 Å². The predicted molar refractivity (Wildman–Crippen MR) is 71.1 cm³/mol. The normalized spacial score (nSPS) is 17.6. The van der Waals surface area contributed by atoms with Gasteiger partial charge in [0, 0.05) is 0 Å². The molecule has 0 fully saturated rings. The molecule has 0 radical (unpaired) electrons.